The Balaban J connectivity index is 1.10. The Labute approximate surface area is 368 Å². The van der Waals surface area contributed by atoms with Crippen molar-refractivity contribution in [3.63, 3.8) is 0 Å². The average molecular weight is 817 g/mol. The molecule has 5 nitrogen and oxygen atoms in total. The second kappa shape index (κ2) is 14.5. The summed E-state index contributed by atoms with van der Waals surface area (Å²) in [6.07, 6.45) is 0. The molecule has 0 atom stereocenters. The van der Waals surface area contributed by atoms with Gasteiger partial charge in [-0.15, -0.1) is 0 Å². The maximum atomic E-state index is 6.68. The summed E-state index contributed by atoms with van der Waals surface area (Å²) in [7, 11) is 0. The standard InChI is InChI=1S/C59H36N4O/c1-3-14-37(15-4-1)38-26-28-41(29-27-38)58-60-57(40-17-5-2-6-18-40)61-59(62-58)48-32-31-44(63-51-24-12-11-22-46(51)50-34-42-19-7-8-20-43(42)35-52(50)63)36-49(48)47-23-13-25-53-56(47)55-45-21-10-9-16-39(45)30-33-54(55)64-53/h1-36H. The molecule has 0 amide bonds. The molecule has 0 bridgehead atoms. The zero-order valence-electron chi connectivity index (χ0n) is 34.5. The summed E-state index contributed by atoms with van der Waals surface area (Å²) in [5.41, 5.74) is 12.0. The summed E-state index contributed by atoms with van der Waals surface area (Å²) in [5.74, 6) is 1.79. The fourth-order valence-corrected chi connectivity index (χ4v) is 9.62. The molecule has 0 spiro atoms. The monoisotopic (exact) mass is 816 g/mol. The van der Waals surface area contributed by atoms with Crippen LogP contribution in [0.25, 0.3) is 127 Å². The average Bonchev–Trinajstić information content (AvgIpc) is 3.92. The maximum Gasteiger partial charge on any atom is 0.164 e. The molecule has 0 radical (unpaired) electrons. The summed E-state index contributed by atoms with van der Waals surface area (Å²) in [4.78, 5) is 15.8. The number of benzene rings is 10. The van der Waals surface area contributed by atoms with E-state index in [0.717, 1.165) is 88.4 Å². The normalized spacial score (nSPS) is 11.8. The van der Waals surface area contributed by atoms with E-state index < -0.39 is 0 Å². The molecule has 13 rings (SSSR count). The summed E-state index contributed by atoms with van der Waals surface area (Å²) < 4.78 is 9.07. The van der Waals surface area contributed by atoms with E-state index in [0.29, 0.717) is 17.5 Å². The fourth-order valence-electron chi connectivity index (χ4n) is 9.62. The van der Waals surface area contributed by atoms with E-state index >= 15 is 0 Å². The summed E-state index contributed by atoms with van der Waals surface area (Å²) >= 11 is 0. The van der Waals surface area contributed by atoms with Crippen LogP contribution in [0, 0.1) is 0 Å². The van der Waals surface area contributed by atoms with Crippen molar-refractivity contribution in [1.29, 1.82) is 0 Å². The van der Waals surface area contributed by atoms with Gasteiger partial charge in [0, 0.05) is 43.9 Å². The lowest BCUT2D eigenvalue weighted by Gasteiger charge is -2.16. The van der Waals surface area contributed by atoms with Gasteiger partial charge in [-0.25, -0.2) is 15.0 Å². The minimum absolute atomic E-state index is 0.584. The highest BCUT2D eigenvalue weighted by Gasteiger charge is 2.22. The number of fused-ring (bicyclic) bond motifs is 9. The number of aromatic nitrogens is 4. The van der Waals surface area contributed by atoms with Gasteiger partial charge in [0.25, 0.3) is 0 Å². The van der Waals surface area contributed by atoms with Gasteiger partial charge in [-0.2, -0.15) is 0 Å². The van der Waals surface area contributed by atoms with Crippen molar-refractivity contribution in [2.75, 3.05) is 0 Å². The molecule has 13 aromatic rings. The van der Waals surface area contributed by atoms with Gasteiger partial charge in [0.1, 0.15) is 11.2 Å². The molecule has 3 aromatic heterocycles. The van der Waals surface area contributed by atoms with Crippen LogP contribution in [0.5, 0.6) is 0 Å². The molecular formula is C59H36N4O. The number of furan rings is 1. The predicted molar refractivity (Wildman–Crippen MR) is 264 cm³/mol. The number of hydrogen-bond acceptors (Lipinski definition) is 4. The third kappa shape index (κ3) is 5.83. The lowest BCUT2D eigenvalue weighted by molar-refractivity contribution is 0.669. The number of rotatable bonds is 6. The highest BCUT2D eigenvalue weighted by Crippen LogP contribution is 2.44. The van der Waals surface area contributed by atoms with E-state index in [1.165, 1.54) is 21.5 Å². The van der Waals surface area contributed by atoms with Crippen molar-refractivity contribution in [2.45, 2.75) is 0 Å². The van der Waals surface area contributed by atoms with E-state index in [9.17, 15) is 0 Å². The van der Waals surface area contributed by atoms with Crippen LogP contribution in [-0.4, -0.2) is 19.5 Å². The Hall–Kier alpha value is -8.67. The molecule has 0 N–H and O–H groups in total. The van der Waals surface area contributed by atoms with E-state index in [-0.39, 0.29) is 0 Å². The second-order valence-corrected chi connectivity index (χ2v) is 16.4. The first-order valence-electron chi connectivity index (χ1n) is 21.6. The van der Waals surface area contributed by atoms with Crippen molar-refractivity contribution in [3.05, 3.63) is 218 Å². The summed E-state index contributed by atoms with van der Waals surface area (Å²) in [6.45, 7) is 0. The van der Waals surface area contributed by atoms with E-state index in [1.807, 2.05) is 24.3 Å². The van der Waals surface area contributed by atoms with Gasteiger partial charge in [-0.05, 0) is 92.3 Å². The van der Waals surface area contributed by atoms with Crippen LogP contribution in [0.15, 0.2) is 223 Å². The Bertz CT molecular complexity index is 3940. The molecule has 298 valence electrons. The molecule has 3 heterocycles. The largest absolute Gasteiger partial charge is 0.456 e. The molecule has 0 aliphatic heterocycles. The molecule has 64 heavy (non-hydrogen) atoms. The van der Waals surface area contributed by atoms with Crippen LogP contribution in [-0.2, 0) is 0 Å². The Kier molecular flexibility index (Phi) is 8.15. The highest BCUT2D eigenvalue weighted by atomic mass is 16.3. The molecule has 0 fully saturated rings. The van der Waals surface area contributed by atoms with Gasteiger partial charge >= 0.3 is 0 Å². The first-order chi connectivity index (χ1) is 31.7. The van der Waals surface area contributed by atoms with Gasteiger partial charge in [-0.1, -0.05) is 170 Å². The van der Waals surface area contributed by atoms with Gasteiger partial charge in [0.15, 0.2) is 17.5 Å². The van der Waals surface area contributed by atoms with Crippen LogP contribution < -0.4 is 0 Å². The number of hydrogen-bond donors (Lipinski definition) is 0. The third-order valence-corrected chi connectivity index (χ3v) is 12.6. The Morgan fingerprint density at radius 1 is 0.312 bits per heavy atom. The van der Waals surface area contributed by atoms with E-state index in [1.54, 1.807) is 0 Å². The predicted octanol–water partition coefficient (Wildman–Crippen LogP) is 15.5. The van der Waals surface area contributed by atoms with Crippen molar-refractivity contribution >= 4 is 65.3 Å². The van der Waals surface area contributed by atoms with Gasteiger partial charge in [0.2, 0.25) is 0 Å². The molecule has 0 saturated heterocycles. The van der Waals surface area contributed by atoms with Crippen LogP contribution in [0.4, 0.5) is 0 Å². The topological polar surface area (TPSA) is 56.7 Å². The van der Waals surface area contributed by atoms with Gasteiger partial charge in [-0.3, -0.25) is 0 Å². The molecular weight excluding hydrogens is 781 g/mol. The Morgan fingerprint density at radius 3 is 1.69 bits per heavy atom. The fraction of sp³-hybridized carbons (Fsp3) is 0. The SMILES string of the molecule is c1ccc(-c2ccc(-c3nc(-c4ccccc4)nc(-c4ccc(-n5c6ccccc6c6cc7ccccc7cc65)cc4-c4cccc5oc6ccc7ccccc7c6c45)n3)cc2)cc1. The quantitative estimate of drug-likeness (QED) is 0.168. The minimum Gasteiger partial charge on any atom is -0.456 e. The molecule has 0 saturated carbocycles. The Morgan fingerprint density at radius 2 is 0.906 bits per heavy atom. The van der Waals surface area contributed by atoms with Crippen molar-refractivity contribution in [2.24, 2.45) is 0 Å². The van der Waals surface area contributed by atoms with Crippen LogP contribution >= 0.6 is 0 Å². The minimum atomic E-state index is 0.584. The smallest absolute Gasteiger partial charge is 0.164 e. The van der Waals surface area contributed by atoms with E-state index in [2.05, 4.69) is 199 Å². The summed E-state index contributed by atoms with van der Waals surface area (Å²) in [5, 5.41) is 9.27. The number of para-hydroxylation sites is 1. The number of nitrogens with zero attached hydrogens (tertiary/aromatic N) is 4. The molecule has 0 aliphatic carbocycles. The molecule has 0 aliphatic rings. The van der Waals surface area contributed by atoms with E-state index in [4.69, 9.17) is 19.4 Å². The van der Waals surface area contributed by atoms with Crippen molar-refractivity contribution in [3.8, 4) is 62.1 Å². The molecule has 10 aromatic carbocycles. The van der Waals surface area contributed by atoms with Crippen molar-refractivity contribution in [1.82, 2.24) is 19.5 Å². The summed E-state index contributed by atoms with van der Waals surface area (Å²) in [6, 6.07) is 76.9. The first kappa shape index (κ1) is 36.0. The second-order valence-electron chi connectivity index (χ2n) is 16.4. The maximum absolute atomic E-state index is 6.68. The third-order valence-electron chi connectivity index (χ3n) is 12.6. The zero-order chi connectivity index (χ0) is 42.1. The lowest BCUT2D eigenvalue weighted by Crippen LogP contribution is -2.02. The van der Waals surface area contributed by atoms with Crippen LogP contribution in [0.3, 0.4) is 0 Å². The molecule has 5 heteroatoms. The van der Waals surface area contributed by atoms with Crippen molar-refractivity contribution < 1.29 is 4.42 Å². The molecule has 0 unspecified atom stereocenters. The first-order valence-corrected chi connectivity index (χ1v) is 21.6. The van der Waals surface area contributed by atoms with Crippen LogP contribution in [0.1, 0.15) is 0 Å². The van der Waals surface area contributed by atoms with Gasteiger partial charge in [0.05, 0.1) is 11.0 Å². The zero-order valence-corrected chi connectivity index (χ0v) is 34.5. The van der Waals surface area contributed by atoms with Crippen LogP contribution in [0.2, 0.25) is 0 Å². The van der Waals surface area contributed by atoms with Gasteiger partial charge < -0.3 is 8.98 Å². The lowest BCUT2D eigenvalue weighted by atomic mass is 9.93. The highest BCUT2D eigenvalue weighted by molar-refractivity contribution is 6.23.